The minimum Gasteiger partial charge on any atom is -0.334 e. The zero-order valence-electron chi connectivity index (χ0n) is 16.6. The van der Waals surface area contributed by atoms with Crippen molar-refractivity contribution >= 4 is 6.03 Å². The van der Waals surface area contributed by atoms with Gasteiger partial charge in [0.2, 0.25) is 0 Å². The highest BCUT2D eigenvalue weighted by atomic mass is 19.1. The maximum atomic E-state index is 13.0. The van der Waals surface area contributed by atoms with Crippen LogP contribution in [0.3, 0.4) is 0 Å². The van der Waals surface area contributed by atoms with Gasteiger partial charge in [0.15, 0.2) is 0 Å². The number of nitrogens with zero attached hydrogens (tertiary/aromatic N) is 1. The Balaban J connectivity index is 1.08. The summed E-state index contributed by atoms with van der Waals surface area (Å²) >= 11 is 0. The standard InChI is InChI=1S/C23H32FN3O/c24-20-3-1-16(2-4-20)5-7-27-8-6-21(15-27)25-22(28)26-23-12-17-9-18(13-23)11-19(10-17)14-23/h1-4,17-19,21H,5-15H2,(H2,25,26,28)/t17?,18?,19?,21-,23?/m0/s1. The Kier molecular flexibility index (Phi) is 4.82. The van der Waals surface area contributed by atoms with E-state index >= 15 is 0 Å². The van der Waals surface area contributed by atoms with Crippen LogP contribution in [0.5, 0.6) is 0 Å². The Bertz CT molecular complexity index is 684. The van der Waals surface area contributed by atoms with Crippen LogP contribution < -0.4 is 10.6 Å². The van der Waals surface area contributed by atoms with Crippen molar-refractivity contribution in [2.45, 2.75) is 62.9 Å². The number of likely N-dealkylation sites (tertiary alicyclic amines) is 1. The molecular formula is C23H32FN3O. The molecule has 2 N–H and O–H groups in total. The molecule has 1 heterocycles. The maximum Gasteiger partial charge on any atom is 0.315 e. The number of rotatable bonds is 5. The van der Waals surface area contributed by atoms with E-state index in [0.29, 0.717) is 0 Å². The second-order valence-electron chi connectivity index (χ2n) is 9.96. The summed E-state index contributed by atoms with van der Waals surface area (Å²) in [5.74, 6) is 2.36. The molecule has 1 atom stereocenters. The lowest BCUT2D eigenvalue weighted by Gasteiger charge is -2.56. The fourth-order valence-corrected chi connectivity index (χ4v) is 6.82. The molecule has 4 saturated carbocycles. The summed E-state index contributed by atoms with van der Waals surface area (Å²) in [7, 11) is 0. The van der Waals surface area contributed by atoms with Gasteiger partial charge in [0.1, 0.15) is 5.82 Å². The third-order valence-corrected chi connectivity index (χ3v) is 7.65. The molecule has 28 heavy (non-hydrogen) atoms. The van der Waals surface area contributed by atoms with Crippen molar-refractivity contribution in [3.05, 3.63) is 35.6 Å². The molecule has 4 bridgehead atoms. The van der Waals surface area contributed by atoms with Gasteiger partial charge in [0, 0.05) is 31.2 Å². The Hall–Kier alpha value is -1.62. The molecule has 0 spiro atoms. The topological polar surface area (TPSA) is 44.4 Å². The van der Waals surface area contributed by atoms with Gasteiger partial charge in [0.05, 0.1) is 0 Å². The summed E-state index contributed by atoms with van der Waals surface area (Å²) in [6, 6.07) is 7.06. The normalized spacial score (nSPS) is 36.6. The van der Waals surface area contributed by atoms with Crippen LogP contribution in [0.4, 0.5) is 9.18 Å². The van der Waals surface area contributed by atoms with E-state index in [9.17, 15) is 9.18 Å². The van der Waals surface area contributed by atoms with Crippen LogP contribution in [0, 0.1) is 23.6 Å². The van der Waals surface area contributed by atoms with Crippen LogP contribution >= 0.6 is 0 Å². The Labute approximate surface area is 167 Å². The second-order valence-corrected chi connectivity index (χ2v) is 9.96. The predicted octanol–water partition coefficient (Wildman–Crippen LogP) is 3.71. The molecule has 1 saturated heterocycles. The highest BCUT2D eigenvalue weighted by Crippen LogP contribution is 2.55. The lowest BCUT2D eigenvalue weighted by atomic mass is 9.53. The first-order valence-corrected chi connectivity index (χ1v) is 11.1. The van der Waals surface area contributed by atoms with Crippen LogP contribution in [0.2, 0.25) is 0 Å². The van der Waals surface area contributed by atoms with Gasteiger partial charge >= 0.3 is 6.03 Å². The second kappa shape index (κ2) is 7.33. The Morgan fingerprint density at radius 1 is 1.07 bits per heavy atom. The average Bonchev–Trinajstić information content (AvgIpc) is 3.06. The molecule has 6 rings (SSSR count). The monoisotopic (exact) mass is 385 g/mol. The first-order valence-electron chi connectivity index (χ1n) is 11.1. The highest BCUT2D eigenvalue weighted by Gasteiger charge is 2.51. The number of carbonyl (C=O) groups is 1. The number of carbonyl (C=O) groups excluding carboxylic acids is 1. The molecule has 5 heteroatoms. The molecule has 0 radical (unpaired) electrons. The number of urea groups is 1. The summed E-state index contributed by atoms with van der Waals surface area (Å²) < 4.78 is 13.0. The molecule has 152 valence electrons. The van der Waals surface area contributed by atoms with Crippen LogP contribution in [0.25, 0.3) is 0 Å². The van der Waals surface area contributed by atoms with E-state index in [0.717, 1.165) is 55.8 Å². The third-order valence-electron chi connectivity index (χ3n) is 7.65. The van der Waals surface area contributed by atoms with Crippen molar-refractivity contribution in [3.8, 4) is 0 Å². The minimum atomic E-state index is -0.181. The van der Waals surface area contributed by atoms with Crippen molar-refractivity contribution in [3.63, 3.8) is 0 Å². The number of amides is 2. The molecule has 5 aliphatic rings. The largest absolute Gasteiger partial charge is 0.334 e. The van der Waals surface area contributed by atoms with Crippen LogP contribution in [-0.2, 0) is 6.42 Å². The Morgan fingerprint density at radius 2 is 1.71 bits per heavy atom. The summed E-state index contributed by atoms with van der Waals surface area (Å²) in [4.78, 5) is 15.1. The maximum absolute atomic E-state index is 13.0. The summed E-state index contributed by atoms with van der Waals surface area (Å²) in [6.45, 7) is 2.89. The van der Waals surface area contributed by atoms with Gasteiger partial charge in [-0.1, -0.05) is 12.1 Å². The van der Waals surface area contributed by atoms with Gasteiger partial charge in [0.25, 0.3) is 0 Å². The van der Waals surface area contributed by atoms with Crippen molar-refractivity contribution < 1.29 is 9.18 Å². The smallest absolute Gasteiger partial charge is 0.315 e. The molecule has 1 aromatic rings. The number of benzene rings is 1. The zero-order chi connectivity index (χ0) is 19.1. The molecule has 1 aliphatic heterocycles. The quantitative estimate of drug-likeness (QED) is 0.812. The van der Waals surface area contributed by atoms with Crippen LogP contribution in [0.1, 0.15) is 50.5 Å². The number of hydrogen-bond acceptors (Lipinski definition) is 2. The highest BCUT2D eigenvalue weighted by molar-refractivity contribution is 5.75. The van der Waals surface area contributed by atoms with Gasteiger partial charge in [-0.2, -0.15) is 0 Å². The van der Waals surface area contributed by atoms with Gasteiger partial charge in [-0.05, 0) is 86.8 Å². The SMILES string of the molecule is O=C(N[C@H]1CCN(CCc2ccc(F)cc2)C1)NC12CC3CC(CC(C3)C1)C2. The van der Waals surface area contributed by atoms with Gasteiger partial charge in [-0.15, -0.1) is 0 Å². The van der Waals surface area contributed by atoms with Crippen molar-refractivity contribution in [1.29, 1.82) is 0 Å². The number of halogens is 1. The fraction of sp³-hybridized carbons (Fsp3) is 0.696. The van der Waals surface area contributed by atoms with E-state index in [4.69, 9.17) is 0 Å². The molecule has 1 aromatic carbocycles. The zero-order valence-corrected chi connectivity index (χ0v) is 16.6. The fourth-order valence-electron chi connectivity index (χ4n) is 6.82. The molecular weight excluding hydrogens is 353 g/mol. The molecule has 4 nitrogen and oxygen atoms in total. The van der Waals surface area contributed by atoms with E-state index in [2.05, 4.69) is 15.5 Å². The number of hydrogen-bond donors (Lipinski definition) is 2. The summed E-state index contributed by atoms with van der Waals surface area (Å²) in [5, 5.41) is 6.67. The molecule has 0 aromatic heterocycles. The van der Waals surface area contributed by atoms with Gasteiger partial charge < -0.3 is 15.5 Å². The summed E-state index contributed by atoms with van der Waals surface area (Å²) in [6.07, 6.45) is 9.71. The lowest BCUT2D eigenvalue weighted by Crippen LogP contribution is -2.62. The van der Waals surface area contributed by atoms with Crippen molar-refractivity contribution in [1.82, 2.24) is 15.5 Å². The van der Waals surface area contributed by atoms with Crippen molar-refractivity contribution in [2.75, 3.05) is 19.6 Å². The van der Waals surface area contributed by atoms with Crippen LogP contribution in [0.15, 0.2) is 24.3 Å². The number of nitrogens with one attached hydrogen (secondary N) is 2. The molecule has 5 fully saturated rings. The van der Waals surface area contributed by atoms with Gasteiger partial charge in [-0.3, -0.25) is 0 Å². The summed E-state index contributed by atoms with van der Waals surface area (Å²) in [5.41, 5.74) is 1.25. The molecule has 2 amide bonds. The van der Waals surface area contributed by atoms with Gasteiger partial charge in [-0.25, -0.2) is 9.18 Å². The molecule has 4 aliphatic carbocycles. The van der Waals surface area contributed by atoms with E-state index in [1.807, 2.05) is 12.1 Å². The minimum absolute atomic E-state index is 0.0485. The lowest BCUT2D eigenvalue weighted by molar-refractivity contribution is -0.0136. The average molecular weight is 386 g/mol. The first kappa shape index (κ1) is 18.4. The predicted molar refractivity (Wildman–Crippen MR) is 108 cm³/mol. The van der Waals surface area contributed by atoms with Crippen LogP contribution in [-0.4, -0.2) is 42.1 Å². The third kappa shape index (κ3) is 3.91. The van der Waals surface area contributed by atoms with E-state index in [-0.39, 0.29) is 23.4 Å². The van der Waals surface area contributed by atoms with E-state index in [1.54, 1.807) is 0 Å². The van der Waals surface area contributed by atoms with E-state index in [1.165, 1.54) is 50.7 Å². The first-order chi connectivity index (χ1) is 13.6. The Morgan fingerprint density at radius 3 is 2.36 bits per heavy atom. The van der Waals surface area contributed by atoms with E-state index < -0.39 is 0 Å². The van der Waals surface area contributed by atoms with Crippen molar-refractivity contribution in [2.24, 2.45) is 17.8 Å². The molecule has 0 unspecified atom stereocenters.